The van der Waals surface area contributed by atoms with Crippen LogP contribution in [0.2, 0.25) is 0 Å². The van der Waals surface area contributed by atoms with Crippen molar-refractivity contribution in [3.8, 4) is 11.5 Å². The number of nitrogens with one attached hydrogen (secondary N) is 1. The Morgan fingerprint density at radius 2 is 2.10 bits per heavy atom. The summed E-state index contributed by atoms with van der Waals surface area (Å²) in [5, 5.41) is 17.9. The molecule has 0 aliphatic rings. The average molecular weight is 443 g/mol. The SMILES string of the molecule is C=S(N)(=O)c1cccc(COc2cc3ncnc(Nc4nncs4)c3cc2OC)c1. The zero-order valence-corrected chi connectivity index (χ0v) is 17.6. The molecule has 1 atom stereocenters. The van der Waals surface area contributed by atoms with E-state index in [1.807, 2.05) is 6.07 Å². The lowest BCUT2D eigenvalue weighted by Crippen LogP contribution is -2.12. The quantitative estimate of drug-likeness (QED) is 0.419. The maximum atomic E-state index is 12.0. The predicted octanol–water partition coefficient (Wildman–Crippen LogP) is 2.76. The van der Waals surface area contributed by atoms with Crippen LogP contribution in [0.4, 0.5) is 10.9 Å². The van der Waals surface area contributed by atoms with E-state index in [4.69, 9.17) is 14.6 Å². The van der Waals surface area contributed by atoms with Gasteiger partial charge in [-0.2, -0.15) is 0 Å². The largest absolute Gasteiger partial charge is 0.493 e. The van der Waals surface area contributed by atoms with Crippen LogP contribution < -0.4 is 19.9 Å². The number of methoxy groups -OCH3 is 1. The molecule has 30 heavy (non-hydrogen) atoms. The summed E-state index contributed by atoms with van der Waals surface area (Å²) in [7, 11) is -1.23. The Bertz CT molecular complexity index is 1290. The van der Waals surface area contributed by atoms with Crippen molar-refractivity contribution in [1.82, 2.24) is 20.2 Å². The highest BCUT2D eigenvalue weighted by molar-refractivity contribution is 7.98. The minimum atomic E-state index is -2.79. The van der Waals surface area contributed by atoms with E-state index in [1.165, 1.54) is 17.7 Å². The van der Waals surface area contributed by atoms with Crippen molar-refractivity contribution in [1.29, 1.82) is 0 Å². The second-order valence-corrected chi connectivity index (χ2v) is 9.03. The number of nitrogens with two attached hydrogens (primary N) is 1. The van der Waals surface area contributed by atoms with Crippen molar-refractivity contribution in [2.24, 2.45) is 5.14 Å². The summed E-state index contributed by atoms with van der Waals surface area (Å²) in [6, 6.07) is 10.6. The zero-order valence-electron chi connectivity index (χ0n) is 15.9. The lowest BCUT2D eigenvalue weighted by atomic mass is 10.2. The molecule has 2 aromatic carbocycles. The Morgan fingerprint density at radius 1 is 1.23 bits per heavy atom. The van der Waals surface area contributed by atoms with Crippen LogP contribution in [-0.2, 0) is 16.3 Å². The number of rotatable bonds is 7. The number of benzene rings is 2. The molecule has 4 aromatic rings. The van der Waals surface area contributed by atoms with Gasteiger partial charge in [0.2, 0.25) is 5.13 Å². The van der Waals surface area contributed by atoms with Crippen molar-refractivity contribution >= 4 is 48.8 Å². The molecule has 2 aromatic heterocycles. The first-order valence-corrected chi connectivity index (χ1v) is 11.3. The fourth-order valence-corrected chi connectivity index (χ4v) is 3.88. The Morgan fingerprint density at radius 3 is 2.83 bits per heavy atom. The van der Waals surface area contributed by atoms with Gasteiger partial charge in [0.25, 0.3) is 0 Å². The molecule has 0 bridgehead atoms. The number of fused-ring (bicyclic) bond motifs is 1. The molecule has 0 fully saturated rings. The van der Waals surface area contributed by atoms with Gasteiger partial charge in [-0.1, -0.05) is 23.5 Å². The van der Waals surface area contributed by atoms with Gasteiger partial charge in [-0.25, -0.2) is 14.2 Å². The molecule has 9 nitrogen and oxygen atoms in total. The van der Waals surface area contributed by atoms with Crippen LogP contribution in [-0.4, -0.2) is 37.4 Å². The maximum Gasteiger partial charge on any atom is 0.211 e. The molecule has 11 heteroatoms. The molecule has 0 saturated carbocycles. The fourth-order valence-electron chi connectivity index (χ4n) is 2.78. The molecular weight excluding hydrogens is 424 g/mol. The third-order valence-electron chi connectivity index (χ3n) is 4.20. The van der Waals surface area contributed by atoms with E-state index in [0.717, 1.165) is 10.9 Å². The normalized spacial score (nSPS) is 13.0. The standard InChI is InChI=1S/C19H18N6O3S2/c1-27-16-7-14-15(21-10-22-18(14)24-19-25-23-11-29-19)8-17(16)28-9-12-4-3-5-13(6-12)30(2,20)26/h3-8,10-11H,2,9H2,1H3,(H2,20,26)(H,21,22,24,25). The van der Waals surface area contributed by atoms with Gasteiger partial charge < -0.3 is 14.8 Å². The smallest absolute Gasteiger partial charge is 0.211 e. The Kier molecular flexibility index (Phi) is 5.48. The Hall–Kier alpha value is -3.28. The van der Waals surface area contributed by atoms with Crippen LogP contribution in [0.15, 0.2) is 53.1 Å². The fraction of sp³-hybridized carbons (Fsp3) is 0.105. The molecule has 1 unspecified atom stereocenters. The highest BCUT2D eigenvalue weighted by Gasteiger charge is 2.13. The molecule has 3 N–H and O–H groups in total. The van der Waals surface area contributed by atoms with E-state index in [9.17, 15) is 4.21 Å². The molecule has 0 amide bonds. The van der Waals surface area contributed by atoms with Gasteiger partial charge in [0.05, 0.1) is 22.3 Å². The van der Waals surface area contributed by atoms with Crippen LogP contribution in [0.25, 0.3) is 10.9 Å². The number of aromatic nitrogens is 4. The van der Waals surface area contributed by atoms with Gasteiger partial charge in [0, 0.05) is 16.3 Å². The molecular formula is C19H18N6O3S2. The topological polar surface area (TPSA) is 125 Å². The summed E-state index contributed by atoms with van der Waals surface area (Å²) in [6.07, 6.45) is 1.46. The Balaban J connectivity index is 1.63. The highest BCUT2D eigenvalue weighted by atomic mass is 32.2. The monoisotopic (exact) mass is 442 g/mol. The second kappa shape index (κ2) is 8.22. The summed E-state index contributed by atoms with van der Waals surface area (Å²) < 4.78 is 23.4. The first-order chi connectivity index (χ1) is 14.4. The molecule has 0 spiro atoms. The lowest BCUT2D eigenvalue weighted by Gasteiger charge is -2.14. The van der Waals surface area contributed by atoms with Crippen LogP contribution in [0.3, 0.4) is 0 Å². The molecule has 2 heterocycles. The molecule has 0 aliphatic carbocycles. The summed E-state index contributed by atoms with van der Waals surface area (Å²) in [5.41, 5.74) is 3.10. The molecule has 154 valence electrons. The van der Waals surface area contributed by atoms with Crippen molar-refractivity contribution in [2.75, 3.05) is 12.4 Å². The van der Waals surface area contributed by atoms with Crippen molar-refractivity contribution in [3.63, 3.8) is 0 Å². The van der Waals surface area contributed by atoms with E-state index in [2.05, 4.69) is 31.4 Å². The summed E-state index contributed by atoms with van der Waals surface area (Å²) >= 11 is 1.36. The van der Waals surface area contributed by atoms with E-state index in [0.29, 0.717) is 32.9 Å². The number of anilines is 2. The van der Waals surface area contributed by atoms with Gasteiger partial charge in [-0.15, -0.1) is 10.2 Å². The molecule has 0 saturated heterocycles. The van der Waals surface area contributed by atoms with Crippen molar-refractivity contribution < 1.29 is 13.7 Å². The van der Waals surface area contributed by atoms with Crippen molar-refractivity contribution in [3.05, 3.63) is 53.8 Å². The summed E-state index contributed by atoms with van der Waals surface area (Å²) in [5.74, 6) is 5.13. The number of nitrogens with zero attached hydrogens (tertiary/aromatic N) is 4. The van der Waals surface area contributed by atoms with Crippen LogP contribution in [0.1, 0.15) is 5.56 Å². The predicted molar refractivity (Wildman–Crippen MR) is 118 cm³/mol. The number of ether oxygens (including phenoxy) is 2. The van der Waals surface area contributed by atoms with E-state index >= 15 is 0 Å². The highest BCUT2D eigenvalue weighted by Crippen LogP contribution is 2.35. The maximum absolute atomic E-state index is 12.0. The molecule has 0 radical (unpaired) electrons. The minimum Gasteiger partial charge on any atom is -0.493 e. The molecule has 0 aliphatic heterocycles. The van der Waals surface area contributed by atoms with Crippen molar-refractivity contribution in [2.45, 2.75) is 11.5 Å². The zero-order chi connectivity index (χ0) is 21.1. The first kappa shape index (κ1) is 20.0. The van der Waals surface area contributed by atoms with E-state index in [1.54, 1.807) is 43.0 Å². The van der Waals surface area contributed by atoms with Gasteiger partial charge in [0.1, 0.15) is 24.3 Å². The second-order valence-electron chi connectivity index (χ2n) is 6.27. The third-order valence-corrected chi connectivity index (χ3v) is 5.86. The number of hydrogen-bond donors (Lipinski definition) is 2. The average Bonchev–Trinajstić information content (AvgIpc) is 3.24. The summed E-state index contributed by atoms with van der Waals surface area (Å²) in [6.45, 7) is 0.228. The summed E-state index contributed by atoms with van der Waals surface area (Å²) in [4.78, 5) is 9.08. The van der Waals surface area contributed by atoms with Gasteiger partial charge in [-0.05, 0) is 29.6 Å². The van der Waals surface area contributed by atoms with Gasteiger partial charge in [0.15, 0.2) is 11.5 Å². The van der Waals surface area contributed by atoms with Crippen LogP contribution in [0.5, 0.6) is 11.5 Å². The van der Waals surface area contributed by atoms with Gasteiger partial charge in [-0.3, -0.25) is 5.14 Å². The lowest BCUT2D eigenvalue weighted by molar-refractivity contribution is 0.285. The number of hydrogen-bond acceptors (Lipinski definition) is 9. The van der Waals surface area contributed by atoms with Gasteiger partial charge >= 0.3 is 0 Å². The van der Waals surface area contributed by atoms with Crippen LogP contribution >= 0.6 is 11.3 Å². The van der Waals surface area contributed by atoms with Crippen LogP contribution in [0, 0.1) is 0 Å². The first-order valence-electron chi connectivity index (χ1n) is 8.67. The minimum absolute atomic E-state index is 0.228. The van der Waals surface area contributed by atoms with E-state index < -0.39 is 9.71 Å². The third kappa shape index (κ3) is 4.32. The Labute approximate surface area is 177 Å². The van der Waals surface area contributed by atoms with E-state index in [-0.39, 0.29) is 6.61 Å². The molecule has 4 rings (SSSR count).